The van der Waals surface area contributed by atoms with Crippen molar-refractivity contribution in [1.82, 2.24) is 5.32 Å². The predicted octanol–water partition coefficient (Wildman–Crippen LogP) is 3.85. The zero-order valence-electron chi connectivity index (χ0n) is 10.9. The van der Waals surface area contributed by atoms with Gasteiger partial charge in [0, 0.05) is 11.1 Å². The van der Waals surface area contributed by atoms with E-state index in [-0.39, 0.29) is 11.9 Å². The monoisotopic (exact) mass is 277 g/mol. The highest BCUT2D eigenvalue weighted by atomic mass is 35.5. The van der Waals surface area contributed by atoms with Crippen LogP contribution < -0.4 is 5.32 Å². The predicted molar refractivity (Wildman–Crippen MR) is 78.1 cm³/mol. The Labute approximate surface area is 118 Å². The van der Waals surface area contributed by atoms with Crippen molar-refractivity contribution in [2.45, 2.75) is 18.9 Å². The first kappa shape index (κ1) is 14.0. The van der Waals surface area contributed by atoms with Crippen LogP contribution in [0.3, 0.4) is 0 Å². The summed E-state index contributed by atoms with van der Waals surface area (Å²) >= 11 is 6.17. The third-order valence-corrected chi connectivity index (χ3v) is 3.57. The lowest BCUT2D eigenvalue weighted by molar-refractivity contribution is 0.553. The molecule has 0 radical (unpaired) electrons. The number of halogens is 2. The SMILES string of the molecule is CNC(Cc1cccc(F)c1)Cc1ccccc1Cl. The van der Waals surface area contributed by atoms with Gasteiger partial charge in [0.1, 0.15) is 5.82 Å². The Hall–Kier alpha value is -1.38. The van der Waals surface area contributed by atoms with Gasteiger partial charge in [-0.05, 0) is 49.2 Å². The number of rotatable bonds is 5. The van der Waals surface area contributed by atoms with Crippen molar-refractivity contribution in [3.63, 3.8) is 0 Å². The molecule has 0 aliphatic carbocycles. The van der Waals surface area contributed by atoms with E-state index in [1.165, 1.54) is 6.07 Å². The van der Waals surface area contributed by atoms with Gasteiger partial charge in [0.25, 0.3) is 0 Å². The quantitative estimate of drug-likeness (QED) is 0.875. The fourth-order valence-electron chi connectivity index (χ4n) is 2.15. The molecule has 19 heavy (non-hydrogen) atoms. The first-order valence-corrected chi connectivity index (χ1v) is 6.72. The standard InChI is InChI=1S/C16H17ClFN/c1-19-15(10-12-5-4-7-14(18)9-12)11-13-6-2-3-8-16(13)17/h2-9,15,19H,10-11H2,1H3. The van der Waals surface area contributed by atoms with Crippen LogP contribution in [-0.2, 0) is 12.8 Å². The highest BCUT2D eigenvalue weighted by Crippen LogP contribution is 2.18. The number of benzene rings is 2. The molecule has 0 aliphatic rings. The van der Waals surface area contributed by atoms with Gasteiger partial charge < -0.3 is 5.32 Å². The lowest BCUT2D eigenvalue weighted by Gasteiger charge is -2.17. The molecule has 1 unspecified atom stereocenters. The molecule has 0 amide bonds. The molecule has 0 aliphatic heterocycles. The van der Waals surface area contributed by atoms with Gasteiger partial charge in [-0.3, -0.25) is 0 Å². The molecular formula is C16H17ClFN. The maximum absolute atomic E-state index is 13.2. The van der Waals surface area contributed by atoms with Gasteiger partial charge in [-0.25, -0.2) is 4.39 Å². The first-order valence-electron chi connectivity index (χ1n) is 6.34. The topological polar surface area (TPSA) is 12.0 Å². The number of likely N-dealkylation sites (N-methyl/N-ethyl adjacent to an activating group) is 1. The van der Waals surface area contributed by atoms with Crippen LogP contribution in [0, 0.1) is 5.82 Å². The van der Waals surface area contributed by atoms with E-state index in [1.807, 2.05) is 37.4 Å². The molecule has 0 saturated heterocycles. The lowest BCUT2D eigenvalue weighted by atomic mass is 9.99. The molecule has 0 bridgehead atoms. The summed E-state index contributed by atoms with van der Waals surface area (Å²) in [6, 6.07) is 14.8. The van der Waals surface area contributed by atoms with Crippen molar-refractivity contribution in [1.29, 1.82) is 0 Å². The van der Waals surface area contributed by atoms with Crippen LogP contribution in [0.1, 0.15) is 11.1 Å². The maximum Gasteiger partial charge on any atom is 0.123 e. The molecule has 1 nitrogen and oxygen atoms in total. The first-order chi connectivity index (χ1) is 9.19. The van der Waals surface area contributed by atoms with E-state index in [0.717, 1.165) is 29.0 Å². The molecule has 0 fully saturated rings. The Balaban J connectivity index is 2.07. The van der Waals surface area contributed by atoms with E-state index in [0.29, 0.717) is 0 Å². The fraction of sp³-hybridized carbons (Fsp3) is 0.250. The maximum atomic E-state index is 13.2. The van der Waals surface area contributed by atoms with E-state index < -0.39 is 0 Å². The van der Waals surface area contributed by atoms with Gasteiger partial charge in [-0.2, -0.15) is 0 Å². The molecule has 100 valence electrons. The third-order valence-electron chi connectivity index (χ3n) is 3.20. The molecule has 0 heterocycles. The fourth-order valence-corrected chi connectivity index (χ4v) is 2.37. The van der Waals surface area contributed by atoms with Crippen LogP contribution in [0.25, 0.3) is 0 Å². The Morgan fingerprint density at radius 2 is 1.89 bits per heavy atom. The summed E-state index contributed by atoms with van der Waals surface area (Å²) in [7, 11) is 1.92. The van der Waals surface area contributed by atoms with E-state index in [4.69, 9.17) is 11.6 Å². The molecule has 2 rings (SSSR count). The summed E-state index contributed by atoms with van der Waals surface area (Å²) in [5, 5.41) is 4.04. The number of hydrogen-bond donors (Lipinski definition) is 1. The van der Waals surface area contributed by atoms with Gasteiger partial charge in [0.2, 0.25) is 0 Å². The zero-order valence-corrected chi connectivity index (χ0v) is 11.6. The largest absolute Gasteiger partial charge is 0.316 e. The highest BCUT2D eigenvalue weighted by molar-refractivity contribution is 6.31. The van der Waals surface area contributed by atoms with Crippen molar-refractivity contribution in [3.8, 4) is 0 Å². The average Bonchev–Trinajstić information content (AvgIpc) is 2.40. The van der Waals surface area contributed by atoms with Gasteiger partial charge in [-0.1, -0.05) is 41.9 Å². The second-order valence-electron chi connectivity index (χ2n) is 4.62. The van der Waals surface area contributed by atoms with Gasteiger partial charge in [0.15, 0.2) is 0 Å². The summed E-state index contributed by atoms with van der Waals surface area (Å²) < 4.78 is 13.2. The van der Waals surface area contributed by atoms with Crippen molar-refractivity contribution < 1.29 is 4.39 Å². The Kier molecular flexibility index (Phi) is 4.94. The second-order valence-corrected chi connectivity index (χ2v) is 5.02. The number of nitrogens with one attached hydrogen (secondary N) is 1. The lowest BCUT2D eigenvalue weighted by Crippen LogP contribution is -2.30. The molecular weight excluding hydrogens is 261 g/mol. The smallest absolute Gasteiger partial charge is 0.123 e. The van der Waals surface area contributed by atoms with E-state index >= 15 is 0 Å². The van der Waals surface area contributed by atoms with Gasteiger partial charge in [-0.15, -0.1) is 0 Å². The third kappa shape index (κ3) is 4.05. The molecule has 1 N–H and O–H groups in total. The van der Waals surface area contributed by atoms with Crippen molar-refractivity contribution in [3.05, 3.63) is 70.5 Å². The average molecular weight is 278 g/mol. The minimum absolute atomic E-state index is 0.190. The number of hydrogen-bond acceptors (Lipinski definition) is 1. The van der Waals surface area contributed by atoms with Crippen LogP contribution in [-0.4, -0.2) is 13.1 Å². The summed E-state index contributed by atoms with van der Waals surface area (Å²) in [5.41, 5.74) is 2.10. The Bertz CT molecular complexity index is 542. The molecule has 0 spiro atoms. The van der Waals surface area contributed by atoms with Crippen molar-refractivity contribution in [2.75, 3.05) is 7.05 Å². The molecule has 2 aromatic rings. The molecule has 0 aromatic heterocycles. The van der Waals surface area contributed by atoms with Crippen molar-refractivity contribution in [2.24, 2.45) is 0 Å². The van der Waals surface area contributed by atoms with Gasteiger partial charge >= 0.3 is 0 Å². The molecule has 0 saturated carbocycles. The summed E-state index contributed by atoms with van der Waals surface area (Å²) in [6.07, 6.45) is 1.60. The Morgan fingerprint density at radius 3 is 2.58 bits per heavy atom. The van der Waals surface area contributed by atoms with Gasteiger partial charge in [0.05, 0.1) is 0 Å². The van der Waals surface area contributed by atoms with Crippen LogP contribution in [0.4, 0.5) is 4.39 Å². The summed E-state index contributed by atoms with van der Waals surface area (Å²) in [6.45, 7) is 0. The normalized spacial score (nSPS) is 12.4. The molecule has 2 aromatic carbocycles. The van der Waals surface area contributed by atoms with E-state index in [9.17, 15) is 4.39 Å². The highest BCUT2D eigenvalue weighted by Gasteiger charge is 2.10. The Morgan fingerprint density at radius 1 is 1.11 bits per heavy atom. The van der Waals surface area contributed by atoms with E-state index in [2.05, 4.69) is 5.32 Å². The zero-order chi connectivity index (χ0) is 13.7. The summed E-state index contributed by atoms with van der Waals surface area (Å²) in [5.74, 6) is -0.190. The van der Waals surface area contributed by atoms with Crippen LogP contribution in [0.5, 0.6) is 0 Å². The summed E-state index contributed by atoms with van der Waals surface area (Å²) in [4.78, 5) is 0. The van der Waals surface area contributed by atoms with Crippen LogP contribution in [0.2, 0.25) is 5.02 Å². The van der Waals surface area contributed by atoms with E-state index in [1.54, 1.807) is 12.1 Å². The van der Waals surface area contributed by atoms with Crippen molar-refractivity contribution >= 4 is 11.6 Å². The van der Waals surface area contributed by atoms with Crippen LogP contribution in [0.15, 0.2) is 48.5 Å². The minimum atomic E-state index is -0.190. The second kappa shape index (κ2) is 6.69. The molecule has 3 heteroatoms. The minimum Gasteiger partial charge on any atom is -0.316 e. The van der Waals surface area contributed by atoms with Crippen LogP contribution >= 0.6 is 11.6 Å². The molecule has 1 atom stereocenters.